The van der Waals surface area contributed by atoms with Gasteiger partial charge >= 0.3 is 0 Å². The molecule has 2 heterocycles. The first-order valence-corrected chi connectivity index (χ1v) is 8.21. The van der Waals surface area contributed by atoms with Crippen molar-refractivity contribution in [2.45, 2.75) is 59.2 Å². The second-order valence-electron chi connectivity index (χ2n) is 5.95. The van der Waals surface area contributed by atoms with E-state index in [9.17, 15) is 0 Å². The van der Waals surface area contributed by atoms with Crippen LogP contribution in [0.3, 0.4) is 0 Å². The molecular weight excluding hydrogens is 262 g/mol. The van der Waals surface area contributed by atoms with Crippen LogP contribution in [0.1, 0.15) is 44.9 Å². The quantitative estimate of drug-likeness (QED) is 0.818. The first-order valence-electron chi connectivity index (χ1n) is 8.21. The highest BCUT2D eigenvalue weighted by atomic mass is 16.5. The summed E-state index contributed by atoms with van der Waals surface area (Å²) in [6, 6.07) is 4.82. The van der Waals surface area contributed by atoms with Gasteiger partial charge in [0.1, 0.15) is 5.82 Å². The Labute approximate surface area is 128 Å². The van der Waals surface area contributed by atoms with Gasteiger partial charge in [0.2, 0.25) is 0 Å². The van der Waals surface area contributed by atoms with E-state index in [1.807, 2.05) is 0 Å². The Morgan fingerprint density at radius 1 is 1.38 bits per heavy atom. The van der Waals surface area contributed by atoms with Gasteiger partial charge in [0.15, 0.2) is 0 Å². The van der Waals surface area contributed by atoms with Crippen LogP contribution in [0.4, 0.5) is 5.82 Å². The topological polar surface area (TPSA) is 37.4 Å². The molecule has 21 heavy (non-hydrogen) atoms. The third kappa shape index (κ3) is 4.17. The normalized spacial score (nSPS) is 22.6. The Balaban J connectivity index is 2.10. The number of aromatic nitrogens is 1. The zero-order valence-electron chi connectivity index (χ0n) is 13.9. The standard InChI is InChI=1S/C17H29N3O/c1-5-9-18-10-15-7-8-17(19-14(15)4)20-11-13(3)21-12-16(20)6-2/h7-8,13,16,18H,5-6,9-12H2,1-4H3. The van der Waals surface area contributed by atoms with Crippen molar-refractivity contribution < 1.29 is 4.74 Å². The predicted molar refractivity (Wildman–Crippen MR) is 87.8 cm³/mol. The second-order valence-corrected chi connectivity index (χ2v) is 5.95. The van der Waals surface area contributed by atoms with Gasteiger partial charge in [-0.15, -0.1) is 0 Å². The van der Waals surface area contributed by atoms with Crippen LogP contribution in [-0.2, 0) is 11.3 Å². The molecule has 0 saturated carbocycles. The second kappa shape index (κ2) is 7.76. The highest BCUT2D eigenvalue weighted by Gasteiger charge is 2.26. The lowest BCUT2D eigenvalue weighted by Crippen LogP contribution is -2.49. The Bertz CT molecular complexity index is 450. The number of hydrogen-bond donors (Lipinski definition) is 1. The smallest absolute Gasteiger partial charge is 0.129 e. The van der Waals surface area contributed by atoms with E-state index in [2.05, 4.69) is 50.0 Å². The number of ether oxygens (including phenoxy) is 1. The van der Waals surface area contributed by atoms with E-state index in [0.29, 0.717) is 6.04 Å². The fourth-order valence-electron chi connectivity index (χ4n) is 2.79. The Kier molecular flexibility index (Phi) is 6.00. The SMILES string of the molecule is CCCNCc1ccc(N2CC(C)OCC2CC)nc1C. The first-order chi connectivity index (χ1) is 10.2. The molecule has 1 aromatic rings. The molecule has 1 aromatic heterocycles. The third-order valence-corrected chi connectivity index (χ3v) is 4.16. The van der Waals surface area contributed by atoms with Crippen LogP contribution in [0.5, 0.6) is 0 Å². The first kappa shape index (κ1) is 16.2. The Morgan fingerprint density at radius 3 is 2.86 bits per heavy atom. The van der Waals surface area contributed by atoms with Crippen LogP contribution in [0.25, 0.3) is 0 Å². The molecule has 2 atom stereocenters. The summed E-state index contributed by atoms with van der Waals surface area (Å²) in [6.45, 7) is 12.3. The Morgan fingerprint density at radius 2 is 2.19 bits per heavy atom. The summed E-state index contributed by atoms with van der Waals surface area (Å²) in [5.41, 5.74) is 2.42. The number of pyridine rings is 1. The summed E-state index contributed by atoms with van der Waals surface area (Å²) in [4.78, 5) is 7.25. The molecule has 1 fully saturated rings. The molecule has 0 aromatic carbocycles. The van der Waals surface area contributed by atoms with Gasteiger partial charge in [0.05, 0.1) is 18.8 Å². The molecule has 1 N–H and O–H groups in total. The average Bonchev–Trinajstić information content (AvgIpc) is 2.49. The number of rotatable bonds is 6. The van der Waals surface area contributed by atoms with Gasteiger partial charge in [-0.1, -0.05) is 19.9 Å². The minimum absolute atomic E-state index is 0.279. The molecule has 118 valence electrons. The third-order valence-electron chi connectivity index (χ3n) is 4.16. The van der Waals surface area contributed by atoms with Gasteiger partial charge in [0, 0.05) is 18.8 Å². The van der Waals surface area contributed by atoms with Crippen molar-refractivity contribution in [2.75, 3.05) is 24.6 Å². The van der Waals surface area contributed by atoms with Gasteiger partial charge in [-0.2, -0.15) is 0 Å². The minimum atomic E-state index is 0.279. The summed E-state index contributed by atoms with van der Waals surface area (Å²) in [5, 5.41) is 3.44. The predicted octanol–water partition coefficient (Wildman–Crippen LogP) is 2.89. The molecule has 0 amide bonds. The summed E-state index contributed by atoms with van der Waals surface area (Å²) >= 11 is 0. The maximum Gasteiger partial charge on any atom is 0.129 e. The van der Waals surface area contributed by atoms with Crippen LogP contribution >= 0.6 is 0 Å². The summed E-state index contributed by atoms with van der Waals surface area (Å²) in [5.74, 6) is 1.09. The highest BCUT2D eigenvalue weighted by Crippen LogP contribution is 2.23. The van der Waals surface area contributed by atoms with Crippen molar-refractivity contribution in [1.29, 1.82) is 0 Å². The van der Waals surface area contributed by atoms with Crippen molar-refractivity contribution in [2.24, 2.45) is 0 Å². The average molecular weight is 291 g/mol. The molecule has 0 aliphatic carbocycles. The van der Waals surface area contributed by atoms with Crippen molar-refractivity contribution in [3.05, 3.63) is 23.4 Å². The lowest BCUT2D eigenvalue weighted by atomic mass is 10.1. The molecule has 1 aliphatic rings. The summed E-state index contributed by atoms with van der Waals surface area (Å²) in [6.07, 6.45) is 2.53. The fraction of sp³-hybridized carbons (Fsp3) is 0.706. The van der Waals surface area contributed by atoms with Crippen LogP contribution in [0, 0.1) is 6.92 Å². The number of hydrogen-bond acceptors (Lipinski definition) is 4. The van der Waals surface area contributed by atoms with Crippen LogP contribution in [-0.4, -0.2) is 36.8 Å². The van der Waals surface area contributed by atoms with E-state index < -0.39 is 0 Å². The maximum atomic E-state index is 5.77. The number of nitrogens with zero attached hydrogens (tertiary/aromatic N) is 2. The van der Waals surface area contributed by atoms with E-state index in [-0.39, 0.29) is 6.10 Å². The van der Waals surface area contributed by atoms with Crippen LogP contribution in [0.15, 0.2) is 12.1 Å². The van der Waals surface area contributed by atoms with E-state index in [1.54, 1.807) is 0 Å². The van der Waals surface area contributed by atoms with Gasteiger partial charge in [-0.05, 0) is 44.9 Å². The van der Waals surface area contributed by atoms with E-state index in [0.717, 1.165) is 50.6 Å². The van der Waals surface area contributed by atoms with Crippen molar-refractivity contribution >= 4 is 5.82 Å². The molecule has 1 aliphatic heterocycles. The van der Waals surface area contributed by atoms with E-state index >= 15 is 0 Å². The number of anilines is 1. The molecule has 0 spiro atoms. The van der Waals surface area contributed by atoms with Crippen molar-refractivity contribution in [3.63, 3.8) is 0 Å². The number of aryl methyl sites for hydroxylation is 1. The molecule has 4 heteroatoms. The number of nitrogens with one attached hydrogen (secondary N) is 1. The van der Waals surface area contributed by atoms with Gasteiger partial charge in [-0.3, -0.25) is 0 Å². The van der Waals surface area contributed by atoms with Gasteiger partial charge in [-0.25, -0.2) is 4.98 Å². The molecular formula is C17H29N3O. The largest absolute Gasteiger partial charge is 0.375 e. The molecule has 0 radical (unpaired) electrons. The number of morpholine rings is 1. The van der Waals surface area contributed by atoms with E-state index in [1.165, 1.54) is 5.56 Å². The minimum Gasteiger partial charge on any atom is -0.375 e. The fourth-order valence-corrected chi connectivity index (χ4v) is 2.79. The molecule has 2 rings (SSSR count). The van der Waals surface area contributed by atoms with Crippen LogP contribution in [0.2, 0.25) is 0 Å². The van der Waals surface area contributed by atoms with Crippen molar-refractivity contribution in [3.8, 4) is 0 Å². The monoisotopic (exact) mass is 291 g/mol. The Hall–Kier alpha value is -1.13. The lowest BCUT2D eigenvalue weighted by Gasteiger charge is -2.39. The van der Waals surface area contributed by atoms with Gasteiger partial charge < -0.3 is 15.0 Å². The van der Waals surface area contributed by atoms with Crippen LogP contribution < -0.4 is 10.2 Å². The zero-order chi connectivity index (χ0) is 15.2. The molecule has 4 nitrogen and oxygen atoms in total. The molecule has 1 saturated heterocycles. The van der Waals surface area contributed by atoms with Crippen molar-refractivity contribution in [1.82, 2.24) is 10.3 Å². The zero-order valence-corrected chi connectivity index (χ0v) is 13.9. The van der Waals surface area contributed by atoms with E-state index in [4.69, 9.17) is 9.72 Å². The lowest BCUT2D eigenvalue weighted by molar-refractivity contribution is 0.0296. The maximum absolute atomic E-state index is 5.77. The molecule has 0 bridgehead atoms. The molecule has 2 unspecified atom stereocenters. The highest BCUT2D eigenvalue weighted by molar-refractivity contribution is 5.43. The summed E-state index contributed by atoms with van der Waals surface area (Å²) in [7, 11) is 0. The summed E-state index contributed by atoms with van der Waals surface area (Å²) < 4.78 is 5.77. The van der Waals surface area contributed by atoms with Gasteiger partial charge in [0.25, 0.3) is 0 Å².